The minimum Gasteiger partial charge on any atom is -0.372 e. The molecular formula is C30H63N3. The van der Waals surface area contributed by atoms with Crippen LogP contribution >= 0.6 is 0 Å². The van der Waals surface area contributed by atoms with Crippen molar-refractivity contribution in [2.45, 2.75) is 169 Å². The normalized spacial score (nSPS) is 12.1. The van der Waals surface area contributed by atoms with Crippen LogP contribution in [-0.4, -0.2) is 31.5 Å². The van der Waals surface area contributed by atoms with E-state index in [4.69, 9.17) is 4.99 Å². The summed E-state index contributed by atoms with van der Waals surface area (Å²) in [4.78, 5) is 4.89. The van der Waals surface area contributed by atoms with E-state index >= 15 is 0 Å². The lowest BCUT2D eigenvalue weighted by Gasteiger charge is -2.14. The lowest BCUT2D eigenvalue weighted by Crippen LogP contribution is -2.33. The molecule has 0 heterocycles. The molecule has 0 atom stereocenters. The predicted octanol–water partition coefficient (Wildman–Crippen LogP) is 9.20. The third kappa shape index (κ3) is 27.6. The van der Waals surface area contributed by atoms with E-state index in [0.717, 1.165) is 26.1 Å². The summed E-state index contributed by atoms with van der Waals surface area (Å²) >= 11 is 0. The van der Waals surface area contributed by atoms with Gasteiger partial charge in [0.15, 0.2) is 0 Å². The van der Waals surface area contributed by atoms with E-state index in [9.17, 15) is 0 Å². The van der Waals surface area contributed by atoms with Gasteiger partial charge in [-0.1, -0.05) is 129 Å². The maximum Gasteiger partial charge on any atom is 0.0977 e. The molecule has 0 fully saturated rings. The average molecular weight is 466 g/mol. The van der Waals surface area contributed by atoms with Crippen LogP contribution in [0.25, 0.3) is 0 Å². The van der Waals surface area contributed by atoms with Gasteiger partial charge in [0.1, 0.15) is 0 Å². The first-order valence-electron chi connectivity index (χ1n) is 15.2. The second-order valence-corrected chi connectivity index (χ2v) is 10.5. The maximum absolute atomic E-state index is 4.89. The number of nitrogens with zero attached hydrogens (tertiary/aromatic N) is 1. The second kappa shape index (κ2) is 27.7. The van der Waals surface area contributed by atoms with Crippen molar-refractivity contribution < 1.29 is 0 Å². The highest BCUT2D eigenvalue weighted by atomic mass is 15.0. The third-order valence-electron chi connectivity index (χ3n) is 6.52. The highest BCUT2D eigenvalue weighted by Gasteiger charge is 2.02. The molecular weight excluding hydrogens is 402 g/mol. The van der Waals surface area contributed by atoms with Gasteiger partial charge in [-0.3, -0.25) is 4.99 Å². The summed E-state index contributed by atoms with van der Waals surface area (Å²) in [7, 11) is 0. The first-order valence-corrected chi connectivity index (χ1v) is 15.2. The van der Waals surface area contributed by atoms with Crippen LogP contribution < -0.4 is 10.6 Å². The Morgan fingerprint density at radius 3 is 1.42 bits per heavy atom. The summed E-state index contributed by atoms with van der Waals surface area (Å²) in [5.41, 5.74) is 0. The summed E-state index contributed by atoms with van der Waals surface area (Å²) in [6.45, 7) is 12.2. The van der Waals surface area contributed by atoms with E-state index in [-0.39, 0.29) is 0 Å². The van der Waals surface area contributed by atoms with Gasteiger partial charge in [0.25, 0.3) is 0 Å². The Morgan fingerprint density at radius 2 is 0.970 bits per heavy atom. The number of rotatable bonds is 26. The molecule has 0 aliphatic rings. The lowest BCUT2D eigenvalue weighted by molar-refractivity contribution is 0.544. The smallest absolute Gasteiger partial charge is 0.0977 e. The molecule has 0 radical (unpaired) electrons. The minimum atomic E-state index is 0.471. The Labute approximate surface area is 209 Å². The van der Waals surface area contributed by atoms with Crippen molar-refractivity contribution in [1.82, 2.24) is 10.6 Å². The number of aliphatic imine (C=N–C) groups is 1. The molecule has 2 N–H and O–H groups in total. The molecule has 0 aromatic rings. The summed E-state index contributed by atoms with van der Waals surface area (Å²) in [5, 5.41) is 7.21. The van der Waals surface area contributed by atoms with E-state index in [2.05, 4.69) is 38.3 Å². The van der Waals surface area contributed by atoms with E-state index in [1.165, 1.54) is 134 Å². The van der Waals surface area contributed by atoms with Crippen molar-refractivity contribution in [3.8, 4) is 0 Å². The van der Waals surface area contributed by atoms with E-state index in [1.54, 1.807) is 0 Å². The Hall–Kier alpha value is -0.570. The Kier molecular flexibility index (Phi) is 27.2. The Bertz CT molecular complexity index is 392. The Morgan fingerprint density at radius 1 is 0.545 bits per heavy atom. The molecule has 0 unspecified atom stereocenters. The zero-order valence-corrected chi connectivity index (χ0v) is 23.5. The lowest BCUT2D eigenvalue weighted by atomic mass is 10.1. The first-order chi connectivity index (χ1) is 16.2. The van der Waals surface area contributed by atoms with Gasteiger partial charge in [0.05, 0.1) is 5.84 Å². The molecule has 33 heavy (non-hydrogen) atoms. The van der Waals surface area contributed by atoms with Gasteiger partial charge in [-0.05, 0) is 33.2 Å². The highest BCUT2D eigenvalue weighted by Crippen LogP contribution is 2.11. The number of nitrogens with one attached hydrogen (secondary N) is 2. The summed E-state index contributed by atoms with van der Waals surface area (Å²) < 4.78 is 0. The summed E-state index contributed by atoms with van der Waals surface area (Å²) in [6, 6.07) is 0.471. The molecule has 0 spiro atoms. The molecule has 0 saturated carbocycles. The Balaban J connectivity index is 3.61. The van der Waals surface area contributed by atoms with Crippen molar-refractivity contribution >= 4 is 5.84 Å². The van der Waals surface area contributed by atoms with Crippen LogP contribution in [0.15, 0.2) is 4.99 Å². The zero-order chi connectivity index (χ0) is 24.2. The second-order valence-electron chi connectivity index (χ2n) is 10.5. The number of hydrogen-bond donors (Lipinski definition) is 2. The molecule has 0 aliphatic carbocycles. The molecule has 198 valence electrons. The maximum atomic E-state index is 4.89. The van der Waals surface area contributed by atoms with Crippen molar-refractivity contribution in [3.63, 3.8) is 0 Å². The topological polar surface area (TPSA) is 36.4 Å². The monoisotopic (exact) mass is 466 g/mol. The van der Waals surface area contributed by atoms with Gasteiger partial charge in [0.2, 0.25) is 0 Å². The molecule has 0 rings (SSSR count). The average Bonchev–Trinajstić information content (AvgIpc) is 2.80. The molecule has 0 bridgehead atoms. The molecule has 0 amide bonds. The van der Waals surface area contributed by atoms with E-state index in [1.807, 2.05) is 0 Å². The fourth-order valence-corrected chi connectivity index (χ4v) is 4.41. The number of hydrogen-bond acceptors (Lipinski definition) is 2. The van der Waals surface area contributed by atoms with Gasteiger partial charge in [-0.25, -0.2) is 0 Å². The zero-order valence-electron chi connectivity index (χ0n) is 23.5. The molecule has 0 aromatic heterocycles. The summed E-state index contributed by atoms with van der Waals surface area (Å²) in [5.74, 6) is 1.21. The van der Waals surface area contributed by atoms with Gasteiger partial charge in [-0.2, -0.15) is 0 Å². The van der Waals surface area contributed by atoms with Crippen LogP contribution in [0.3, 0.4) is 0 Å². The standard InChI is InChI=1S/C30H63N3/c1-5-7-9-11-13-15-17-19-21-23-26-31-28-25-30(33-29(3)4)32-27-24-22-20-18-16-14-12-10-8-6-2/h29,31H,5-28H2,1-4H3,(H,32,33). The van der Waals surface area contributed by atoms with Gasteiger partial charge < -0.3 is 10.6 Å². The van der Waals surface area contributed by atoms with Crippen LogP contribution in [0.1, 0.15) is 163 Å². The van der Waals surface area contributed by atoms with Crippen LogP contribution in [0.5, 0.6) is 0 Å². The van der Waals surface area contributed by atoms with Crippen molar-refractivity contribution in [3.05, 3.63) is 0 Å². The number of amidine groups is 1. The minimum absolute atomic E-state index is 0.471. The van der Waals surface area contributed by atoms with Gasteiger partial charge in [-0.15, -0.1) is 0 Å². The van der Waals surface area contributed by atoms with E-state index in [0.29, 0.717) is 6.04 Å². The summed E-state index contributed by atoms with van der Waals surface area (Å²) in [6.07, 6.45) is 29.0. The van der Waals surface area contributed by atoms with E-state index < -0.39 is 0 Å². The van der Waals surface area contributed by atoms with Gasteiger partial charge >= 0.3 is 0 Å². The van der Waals surface area contributed by atoms with Crippen LogP contribution in [0.4, 0.5) is 0 Å². The quantitative estimate of drug-likeness (QED) is 0.0758. The molecule has 0 aromatic carbocycles. The molecule has 3 heteroatoms. The van der Waals surface area contributed by atoms with Crippen LogP contribution in [-0.2, 0) is 0 Å². The van der Waals surface area contributed by atoms with Crippen LogP contribution in [0, 0.1) is 0 Å². The van der Waals surface area contributed by atoms with Gasteiger partial charge in [0, 0.05) is 25.6 Å². The fraction of sp³-hybridized carbons (Fsp3) is 0.967. The SMILES string of the molecule is CCCCCCCCCCCC/N=C(/CCNCCCCCCCCCCCC)NC(C)C. The molecule has 0 aliphatic heterocycles. The molecule has 3 nitrogen and oxygen atoms in total. The number of unbranched alkanes of at least 4 members (excludes halogenated alkanes) is 18. The largest absolute Gasteiger partial charge is 0.372 e. The van der Waals surface area contributed by atoms with Crippen molar-refractivity contribution in [2.24, 2.45) is 4.99 Å². The van der Waals surface area contributed by atoms with Crippen molar-refractivity contribution in [1.29, 1.82) is 0 Å². The highest BCUT2D eigenvalue weighted by molar-refractivity contribution is 5.82. The molecule has 0 saturated heterocycles. The first kappa shape index (κ1) is 32.4. The fourth-order valence-electron chi connectivity index (χ4n) is 4.41. The van der Waals surface area contributed by atoms with Crippen LogP contribution in [0.2, 0.25) is 0 Å². The predicted molar refractivity (Wildman–Crippen MR) is 152 cm³/mol. The van der Waals surface area contributed by atoms with Crippen molar-refractivity contribution in [2.75, 3.05) is 19.6 Å². The third-order valence-corrected chi connectivity index (χ3v) is 6.52.